The number of phenolic OH excluding ortho intramolecular Hbond substituents is 1. The Hall–Kier alpha value is -1.27. The monoisotopic (exact) mass is 282 g/mol. The van der Waals surface area contributed by atoms with Crippen LogP contribution in [0.3, 0.4) is 0 Å². The molecule has 0 atom stereocenters. The highest BCUT2D eigenvalue weighted by Gasteiger charge is 2.35. The normalized spacial score (nSPS) is 20.5. The maximum atomic E-state index is 12.6. The van der Waals surface area contributed by atoms with Crippen LogP contribution in [0.15, 0.2) is 18.2 Å². The van der Waals surface area contributed by atoms with E-state index in [-0.39, 0.29) is 5.75 Å². The van der Waals surface area contributed by atoms with E-state index in [1.807, 2.05) is 6.07 Å². The molecule has 104 valence electrons. The second-order valence-corrected chi connectivity index (χ2v) is 6.93. The lowest BCUT2D eigenvalue weighted by molar-refractivity contribution is 0.459. The number of aryl methyl sites for hydroxylation is 1. The first-order valence-corrected chi connectivity index (χ1v) is 8.09. The number of hydrogen-bond donors (Lipinski definition) is 1. The van der Waals surface area contributed by atoms with Crippen LogP contribution in [0.25, 0.3) is 0 Å². The predicted molar refractivity (Wildman–Crippen MR) is 73.5 cm³/mol. The first kappa shape index (κ1) is 12.7. The van der Waals surface area contributed by atoms with E-state index in [1.165, 1.54) is 8.61 Å². The van der Waals surface area contributed by atoms with Crippen LogP contribution in [0.1, 0.15) is 24.8 Å². The van der Waals surface area contributed by atoms with Gasteiger partial charge in [-0.05, 0) is 37.3 Å². The van der Waals surface area contributed by atoms with Crippen LogP contribution in [0, 0.1) is 0 Å². The number of aromatic hydroxyl groups is 1. The second-order valence-electron chi connectivity index (χ2n) is 5.07. The van der Waals surface area contributed by atoms with E-state index in [9.17, 15) is 13.5 Å². The van der Waals surface area contributed by atoms with Gasteiger partial charge in [0, 0.05) is 19.6 Å². The zero-order valence-corrected chi connectivity index (χ0v) is 11.6. The van der Waals surface area contributed by atoms with Gasteiger partial charge in [-0.15, -0.1) is 0 Å². The Morgan fingerprint density at radius 1 is 1.05 bits per heavy atom. The van der Waals surface area contributed by atoms with Gasteiger partial charge in [0.2, 0.25) is 0 Å². The van der Waals surface area contributed by atoms with E-state index >= 15 is 0 Å². The molecule has 0 amide bonds. The maximum absolute atomic E-state index is 12.6. The average molecular weight is 282 g/mol. The molecule has 0 spiro atoms. The number of fused-ring (bicyclic) bond motifs is 1. The van der Waals surface area contributed by atoms with Crippen LogP contribution in [-0.2, 0) is 16.6 Å². The average Bonchev–Trinajstić information content (AvgIpc) is 2.93. The van der Waals surface area contributed by atoms with Crippen molar-refractivity contribution in [3.05, 3.63) is 23.8 Å². The van der Waals surface area contributed by atoms with Crippen LogP contribution < -0.4 is 4.31 Å². The molecule has 2 aliphatic rings. The fourth-order valence-corrected chi connectivity index (χ4v) is 4.68. The van der Waals surface area contributed by atoms with E-state index < -0.39 is 10.2 Å². The molecule has 0 unspecified atom stereocenters. The van der Waals surface area contributed by atoms with Crippen molar-refractivity contribution in [2.75, 3.05) is 23.9 Å². The highest BCUT2D eigenvalue weighted by Crippen LogP contribution is 2.38. The SMILES string of the molecule is O=S(=O)(N1CCCC1)N1CCCc2cccc(O)c21. The van der Waals surface area contributed by atoms with Gasteiger partial charge in [-0.25, -0.2) is 0 Å². The second kappa shape index (κ2) is 4.68. The van der Waals surface area contributed by atoms with Crippen molar-refractivity contribution in [3.63, 3.8) is 0 Å². The minimum absolute atomic E-state index is 0.0555. The summed E-state index contributed by atoms with van der Waals surface area (Å²) >= 11 is 0. The van der Waals surface area contributed by atoms with Crippen molar-refractivity contribution in [2.45, 2.75) is 25.7 Å². The van der Waals surface area contributed by atoms with E-state index in [2.05, 4.69) is 0 Å². The van der Waals surface area contributed by atoms with Gasteiger partial charge in [-0.2, -0.15) is 12.7 Å². The molecular weight excluding hydrogens is 264 g/mol. The minimum Gasteiger partial charge on any atom is -0.506 e. The van der Waals surface area contributed by atoms with Gasteiger partial charge in [-0.1, -0.05) is 12.1 Å². The number of benzene rings is 1. The first-order chi connectivity index (χ1) is 9.10. The summed E-state index contributed by atoms with van der Waals surface area (Å²) in [6.07, 6.45) is 3.45. The van der Waals surface area contributed by atoms with Gasteiger partial charge in [0.25, 0.3) is 0 Å². The molecule has 5 nitrogen and oxygen atoms in total. The summed E-state index contributed by atoms with van der Waals surface area (Å²) in [5.41, 5.74) is 1.38. The zero-order valence-electron chi connectivity index (χ0n) is 10.7. The highest BCUT2D eigenvalue weighted by molar-refractivity contribution is 7.90. The molecule has 0 aliphatic carbocycles. The Balaban J connectivity index is 2.04. The number of rotatable bonds is 2. The Morgan fingerprint density at radius 3 is 2.53 bits per heavy atom. The molecule has 2 aliphatic heterocycles. The quantitative estimate of drug-likeness (QED) is 0.894. The molecular formula is C13H18N2O3S. The molecule has 19 heavy (non-hydrogen) atoms. The molecule has 3 rings (SSSR count). The summed E-state index contributed by atoms with van der Waals surface area (Å²) in [6.45, 7) is 1.62. The van der Waals surface area contributed by atoms with Gasteiger partial charge in [-0.3, -0.25) is 4.31 Å². The fourth-order valence-electron chi connectivity index (χ4n) is 2.88. The van der Waals surface area contributed by atoms with Gasteiger partial charge >= 0.3 is 10.2 Å². The van der Waals surface area contributed by atoms with E-state index in [1.54, 1.807) is 12.1 Å². The number of nitrogens with zero attached hydrogens (tertiary/aromatic N) is 2. The van der Waals surface area contributed by atoms with Crippen LogP contribution >= 0.6 is 0 Å². The Kier molecular flexibility index (Phi) is 3.14. The third kappa shape index (κ3) is 2.08. The van der Waals surface area contributed by atoms with E-state index in [0.717, 1.165) is 31.2 Å². The molecule has 1 aromatic carbocycles. The van der Waals surface area contributed by atoms with Crippen molar-refractivity contribution in [2.24, 2.45) is 0 Å². The standard InChI is InChI=1S/C13H18N2O3S/c16-12-7-3-5-11-6-4-10-15(13(11)12)19(17,18)14-8-1-2-9-14/h3,5,7,16H,1-2,4,6,8-10H2. The predicted octanol–water partition coefficient (Wildman–Crippen LogP) is 1.49. The van der Waals surface area contributed by atoms with Crippen molar-refractivity contribution in [1.82, 2.24) is 4.31 Å². The Labute approximate surface area is 113 Å². The topological polar surface area (TPSA) is 60.9 Å². The summed E-state index contributed by atoms with van der Waals surface area (Å²) in [7, 11) is -3.49. The van der Waals surface area contributed by atoms with Crippen LogP contribution in [-0.4, -0.2) is 37.5 Å². The minimum atomic E-state index is -3.49. The van der Waals surface area contributed by atoms with E-state index in [0.29, 0.717) is 25.3 Å². The lowest BCUT2D eigenvalue weighted by atomic mass is 10.0. The molecule has 1 N–H and O–H groups in total. The number of para-hydroxylation sites is 1. The number of anilines is 1. The molecule has 1 aromatic rings. The van der Waals surface area contributed by atoms with Gasteiger partial charge in [0.1, 0.15) is 5.75 Å². The lowest BCUT2D eigenvalue weighted by Gasteiger charge is -2.33. The maximum Gasteiger partial charge on any atom is 0.304 e. The Morgan fingerprint density at radius 2 is 1.79 bits per heavy atom. The highest BCUT2D eigenvalue weighted by atomic mass is 32.2. The third-order valence-corrected chi connectivity index (χ3v) is 5.76. The summed E-state index contributed by atoms with van der Waals surface area (Å²) in [5.74, 6) is 0.0555. The van der Waals surface area contributed by atoms with Gasteiger partial charge in [0.15, 0.2) is 0 Å². The van der Waals surface area contributed by atoms with Crippen molar-refractivity contribution < 1.29 is 13.5 Å². The number of phenols is 1. The molecule has 1 saturated heterocycles. The lowest BCUT2D eigenvalue weighted by Crippen LogP contribution is -2.44. The molecule has 6 heteroatoms. The molecule has 0 radical (unpaired) electrons. The third-order valence-electron chi connectivity index (χ3n) is 3.82. The zero-order chi connectivity index (χ0) is 13.5. The van der Waals surface area contributed by atoms with Gasteiger partial charge in [0.05, 0.1) is 5.69 Å². The largest absolute Gasteiger partial charge is 0.506 e. The van der Waals surface area contributed by atoms with Crippen molar-refractivity contribution in [1.29, 1.82) is 0 Å². The smallest absolute Gasteiger partial charge is 0.304 e. The first-order valence-electron chi connectivity index (χ1n) is 6.69. The van der Waals surface area contributed by atoms with Gasteiger partial charge < -0.3 is 5.11 Å². The Bertz CT molecular complexity index is 580. The van der Waals surface area contributed by atoms with Crippen LogP contribution in [0.2, 0.25) is 0 Å². The van der Waals surface area contributed by atoms with Crippen LogP contribution in [0.4, 0.5) is 5.69 Å². The van der Waals surface area contributed by atoms with Crippen LogP contribution in [0.5, 0.6) is 5.75 Å². The molecule has 0 bridgehead atoms. The summed E-state index contributed by atoms with van der Waals surface area (Å²) in [4.78, 5) is 0. The molecule has 1 fully saturated rings. The van der Waals surface area contributed by atoms with E-state index in [4.69, 9.17) is 0 Å². The van der Waals surface area contributed by atoms with Crippen molar-refractivity contribution in [3.8, 4) is 5.75 Å². The summed E-state index contributed by atoms with van der Waals surface area (Å²) in [6, 6.07) is 5.21. The van der Waals surface area contributed by atoms with Crippen molar-refractivity contribution >= 4 is 15.9 Å². The molecule has 0 saturated carbocycles. The summed E-state index contributed by atoms with van der Waals surface area (Å²) in [5, 5.41) is 10.0. The fraction of sp³-hybridized carbons (Fsp3) is 0.538. The number of hydrogen-bond acceptors (Lipinski definition) is 3. The summed E-state index contributed by atoms with van der Waals surface area (Å²) < 4.78 is 28.2. The molecule has 2 heterocycles. The molecule has 0 aromatic heterocycles.